The van der Waals surface area contributed by atoms with Gasteiger partial charge in [0.1, 0.15) is 0 Å². The first-order valence-corrected chi connectivity index (χ1v) is 14.4. The summed E-state index contributed by atoms with van der Waals surface area (Å²) < 4.78 is 6.03. The molecule has 0 saturated carbocycles. The molecule has 0 fully saturated rings. The molecule has 1 aromatic rings. The first-order chi connectivity index (χ1) is 5.99. The number of hydrogen-bond acceptors (Lipinski definition) is 1. The summed E-state index contributed by atoms with van der Waals surface area (Å²) in [5.41, 5.74) is 1.29. The third-order valence-electron chi connectivity index (χ3n) is 1.80. The van der Waals surface area contributed by atoms with E-state index in [-0.39, 0.29) is 6.10 Å². The molecule has 0 spiro atoms. The molecule has 1 unspecified atom stereocenters. The van der Waals surface area contributed by atoms with E-state index in [2.05, 4.69) is 46.0 Å². The second-order valence-electron chi connectivity index (χ2n) is 4.28. The summed E-state index contributed by atoms with van der Waals surface area (Å²) in [6.07, 6.45) is 0.261. The summed E-state index contributed by atoms with van der Waals surface area (Å²) in [7, 11) is 0. The predicted octanol–water partition coefficient (Wildman–Crippen LogP) is 3.60. The van der Waals surface area contributed by atoms with Gasteiger partial charge in [0.15, 0.2) is 0 Å². The molecule has 0 amide bonds. The monoisotopic (exact) mass is 286 g/mol. The Morgan fingerprint density at radius 1 is 1.08 bits per heavy atom. The third-order valence-corrected chi connectivity index (χ3v) is 4.83. The van der Waals surface area contributed by atoms with Gasteiger partial charge in [-0.2, -0.15) is 0 Å². The molecule has 0 aliphatic rings. The quantitative estimate of drug-likeness (QED) is 0.771. The minimum atomic E-state index is -2.08. The Kier molecular flexibility index (Phi) is 3.80. The topological polar surface area (TPSA) is 9.23 Å². The van der Waals surface area contributed by atoms with Crippen LogP contribution in [-0.4, -0.2) is 18.8 Å². The molecule has 0 aromatic heterocycles. The van der Waals surface area contributed by atoms with Crippen LogP contribution in [0.4, 0.5) is 0 Å². The number of hydrogen-bond donors (Lipinski definition) is 0. The average molecular weight is 285 g/mol. The first kappa shape index (κ1) is 11.1. The third kappa shape index (κ3) is 4.14. The standard InChI is InChI=1S/C8H9O.3CH3.Sn/c1-7(9)8-5-3-2-4-6-8;;;;/h2-7H,1H3;3*1H3;/q-1;;;;+1. The molecule has 0 bridgehead atoms. The Morgan fingerprint density at radius 2 is 1.62 bits per heavy atom. The van der Waals surface area contributed by atoms with E-state index in [1.807, 2.05) is 6.07 Å². The van der Waals surface area contributed by atoms with E-state index < -0.39 is 18.8 Å². The summed E-state index contributed by atoms with van der Waals surface area (Å²) in [6.45, 7) is 2.14. The van der Waals surface area contributed by atoms with Crippen LogP contribution in [0.15, 0.2) is 30.3 Å². The van der Waals surface area contributed by atoms with Gasteiger partial charge in [-0.15, -0.1) is 0 Å². The Labute approximate surface area is 85.5 Å². The van der Waals surface area contributed by atoms with Gasteiger partial charge in [-0.25, -0.2) is 0 Å². The van der Waals surface area contributed by atoms with Gasteiger partial charge in [-0.05, 0) is 0 Å². The number of rotatable bonds is 3. The molecule has 1 rings (SSSR count). The molecular formula is C11H18OSn. The van der Waals surface area contributed by atoms with Crippen LogP contribution in [0.2, 0.25) is 14.8 Å². The summed E-state index contributed by atoms with van der Waals surface area (Å²) in [5.74, 6) is 0. The van der Waals surface area contributed by atoms with Crippen LogP contribution in [0.5, 0.6) is 0 Å². The molecule has 0 aliphatic heterocycles. The number of benzene rings is 1. The van der Waals surface area contributed by atoms with Crippen LogP contribution >= 0.6 is 0 Å². The van der Waals surface area contributed by atoms with E-state index in [0.29, 0.717) is 0 Å². The Morgan fingerprint density at radius 3 is 2.08 bits per heavy atom. The van der Waals surface area contributed by atoms with Crippen LogP contribution in [0.25, 0.3) is 0 Å². The maximum absolute atomic E-state index is 6.03. The average Bonchev–Trinajstić information content (AvgIpc) is 2.03. The van der Waals surface area contributed by atoms with Gasteiger partial charge < -0.3 is 0 Å². The Bertz CT molecular complexity index is 251. The van der Waals surface area contributed by atoms with Crippen molar-refractivity contribution in [2.45, 2.75) is 27.8 Å². The summed E-state index contributed by atoms with van der Waals surface area (Å²) in [5, 5.41) is 0. The van der Waals surface area contributed by atoms with Crippen molar-refractivity contribution < 1.29 is 3.07 Å². The van der Waals surface area contributed by atoms with Crippen LogP contribution in [0, 0.1) is 0 Å². The van der Waals surface area contributed by atoms with E-state index in [1.165, 1.54) is 5.56 Å². The summed E-state index contributed by atoms with van der Waals surface area (Å²) >= 11 is -2.08. The van der Waals surface area contributed by atoms with E-state index >= 15 is 0 Å². The Balaban J connectivity index is 2.64. The van der Waals surface area contributed by atoms with Crippen molar-refractivity contribution in [2.75, 3.05) is 0 Å². The van der Waals surface area contributed by atoms with Crippen LogP contribution in [-0.2, 0) is 3.07 Å². The van der Waals surface area contributed by atoms with Crippen molar-refractivity contribution in [1.29, 1.82) is 0 Å². The van der Waals surface area contributed by atoms with Crippen molar-refractivity contribution in [3.8, 4) is 0 Å². The van der Waals surface area contributed by atoms with E-state index in [4.69, 9.17) is 3.07 Å². The molecule has 1 nitrogen and oxygen atoms in total. The van der Waals surface area contributed by atoms with Gasteiger partial charge in [-0.1, -0.05) is 0 Å². The van der Waals surface area contributed by atoms with Gasteiger partial charge in [0, 0.05) is 0 Å². The van der Waals surface area contributed by atoms with Crippen LogP contribution < -0.4 is 0 Å². The zero-order valence-electron chi connectivity index (χ0n) is 8.87. The zero-order chi connectivity index (χ0) is 9.90. The van der Waals surface area contributed by atoms with Crippen molar-refractivity contribution >= 4 is 18.8 Å². The molecule has 1 aromatic carbocycles. The predicted molar refractivity (Wildman–Crippen MR) is 59.3 cm³/mol. The normalized spacial score (nSPS) is 14.2. The van der Waals surface area contributed by atoms with Crippen molar-refractivity contribution in [1.82, 2.24) is 0 Å². The SMILES string of the molecule is CC([O][Sn]([CH3])([CH3])[CH3])c1ccccc1. The van der Waals surface area contributed by atoms with Crippen molar-refractivity contribution in [3.63, 3.8) is 0 Å². The molecule has 2 heteroatoms. The van der Waals surface area contributed by atoms with Gasteiger partial charge in [0.25, 0.3) is 0 Å². The molecule has 0 heterocycles. The molecule has 72 valence electrons. The molecule has 1 atom stereocenters. The summed E-state index contributed by atoms with van der Waals surface area (Å²) in [4.78, 5) is 6.86. The van der Waals surface area contributed by atoms with Crippen molar-refractivity contribution in [3.05, 3.63) is 35.9 Å². The van der Waals surface area contributed by atoms with Crippen LogP contribution in [0.1, 0.15) is 18.6 Å². The first-order valence-electron chi connectivity index (χ1n) is 4.72. The second-order valence-corrected chi connectivity index (χ2v) is 17.0. The molecule has 0 N–H and O–H groups in total. The zero-order valence-corrected chi connectivity index (χ0v) is 11.7. The molecule has 0 saturated heterocycles. The van der Waals surface area contributed by atoms with Crippen LogP contribution in [0.3, 0.4) is 0 Å². The van der Waals surface area contributed by atoms with Gasteiger partial charge in [0.05, 0.1) is 0 Å². The molecule has 0 aliphatic carbocycles. The van der Waals surface area contributed by atoms with Gasteiger partial charge in [-0.3, -0.25) is 0 Å². The fourth-order valence-electron chi connectivity index (χ4n) is 1.32. The Hall–Kier alpha value is -0.0213. The fraction of sp³-hybridized carbons (Fsp3) is 0.455. The van der Waals surface area contributed by atoms with Gasteiger partial charge in [0.2, 0.25) is 0 Å². The minimum absolute atomic E-state index is 0.261. The second kappa shape index (κ2) is 4.47. The van der Waals surface area contributed by atoms with E-state index in [0.717, 1.165) is 0 Å². The molecule has 13 heavy (non-hydrogen) atoms. The summed E-state index contributed by atoms with van der Waals surface area (Å²) in [6, 6.07) is 10.4. The maximum atomic E-state index is 6.03. The molecular weight excluding hydrogens is 267 g/mol. The van der Waals surface area contributed by atoms with E-state index in [9.17, 15) is 0 Å². The fourth-order valence-corrected chi connectivity index (χ4v) is 4.74. The molecule has 0 radical (unpaired) electrons. The van der Waals surface area contributed by atoms with E-state index in [1.54, 1.807) is 0 Å². The van der Waals surface area contributed by atoms with Gasteiger partial charge >= 0.3 is 85.6 Å². The van der Waals surface area contributed by atoms with Crippen molar-refractivity contribution in [2.24, 2.45) is 0 Å².